The van der Waals surface area contributed by atoms with Crippen LogP contribution in [0.3, 0.4) is 0 Å². The van der Waals surface area contributed by atoms with Crippen LogP contribution in [-0.4, -0.2) is 6.29 Å². The summed E-state index contributed by atoms with van der Waals surface area (Å²) in [5.74, 6) is -1.25. The van der Waals surface area contributed by atoms with Crippen LogP contribution >= 0.6 is 15.9 Å². The van der Waals surface area contributed by atoms with E-state index in [0.717, 1.165) is 18.2 Å². The topological polar surface area (TPSA) is 26.3 Å². The minimum Gasteiger partial charge on any atom is -0.456 e. The van der Waals surface area contributed by atoms with Gasteiger partial charge in [-0.25, -0.2) is 8.78 Å². The largest absolute Gasteiger partial charge is 0.456 e. The van der Waals surface area contributed by atoms with Crippen molar-refractivity contribution in [2.45, 2.75) is 0 Å². The molecule has 2 nitrogen and oxygen atoms in total. The lowest BCUT2D eigenvalue weighted by atomic mass is 10.2. The second-order valence-corrected chi connectivity index (χ2v) is 4.42. The Balaban J connectivity index is 2.36. The lowest BCUT2D eigenvalue weighted by Crippen LogP contribution is -1.92. The van der Waals surface area contributed by atoms with E-state index in [2.05, 4.69) is 15.9 Å². The molecule has 0 atom stereocenters. The molecule has 0 radical (unpaired) electrons. The van der Waals surface area contributed by atoms with Gasteiger partial charge >= 0.3 is 0 Å². The summed E-state index contributed by atoms with van der Waals surface area (Å²) >= 11 is 3.21. The van der Waals surface area contributed by atoms with Gasteiger partial charge in [0.2, 0.25) is 0 Å². The van der Waals surface area contributed by atoms with Crippen molar-refractivity contribution >= 4 is 22.2 Å². The number of hydrogen-bond acceptors (Lipinski definition) is 2. The van der Waals surface area contributed by atoms with E-state index in [4.69, 9.17) is 4.74 Å². The Bertz CT molecular complexity index is 579. The molecule has 0 aliphatic heterocycles. The Morgan fingerprint density at radius 1 is 1.06 bits per heavy atom. The first-order valence-corrected chi connectivity index (χ1v) is 5.76. The summed E-state index contributed by atoms with van der Waals surface area (Å²) in [5.41, 5.74) is 0.286. The van der Waals surface area contributed by atoms with Crippen molar-refractivity contribution in [2.24, 2.45) is 0 Å². The van der Waals surface area contributed by atoms with E-state index in [1.807, 2.05) is 0 Å². The van der Waals surface area contributed by atoms with Crippen LogP contribution in [0.1, 0.15) is 10.4 Å². The molecule has 2 aromatic carbocycles. The molecule has 0 saturated carbocycles. The molecule has 0 amide bonds. The number of benzene rings is 2. The van der Waals surface area contributed by atoms with Gasteiger partial charge in [0.15, 0.2) is 6.29 Å². The molecule has 92 valence electrons. The van der Waals surface area contributed by atoms with Gasteiger partial charge < -0.3 is 4.74 Å². The smallest absolute Gasteiger partial charge is 0.153 e. The molecule has 0 unspecified atom stereocenters. The molecule has 5 heteroatoms. The second-order valence-electron chi connectivity index (χ2n) is 3.51. The number of hydrogen-bond donors (Lipinski definition) is 0. The normalized spacial score (nSPS) is 10.2. The van der Waals surface area contributed by atoms with Gasteiger partial charge in [0.1, 0.15) is 23.1 Å². The quantitative estimate of drug-likeness (QED) is 0.788. The minimum absolute atomic E-state index is 0.00192. The average molecular weight is 313 g/mol. The molecule has 2 rings (SSSR count). The van der Waals surface area contributed by atoms with E-state index in [1.165, 1.54) is 6.07 Å². The fourth-order valence-electron chi connectivity index (χ4n) is 1.42. The third kappa shape index (κ3) is 2.92. The van der Waals surface area contributed by atoms with Crippen molar-refractivity contribution in [3.05, 3.63) is 58.1 Å². The minimum atomic E-state index is -0.741. The summed E-state index contributed by atoms with van der Waals surface area (Å²) in [5, 5.41) is 0. The van der Waals surface area contributed by atoms with Gasteiger partial charge in [-0.3, -0.25) is 4.79 Å². The maximum Gasteiger partial charge on any atom is 0.153 e. The zero-order valence-corrected chi connectivity index (χ0v) is 10.6. The molecule has 0 fully saturated rings. The van der Waals surface area contributed by atoms with E-state index < -0.39 is 11.6 Å². The van der Waals surface area contributed by atoms with Crippen molar-refractivity contribution in [1.29, 1.82) is 0 Å². The number of carbonyl (C=O) groups is 1. The standard InChI is InChI=1S/C13H7BrF2O2/c14-9-1-2-13(8(3-9)7-17)18-12-5-10(15)4-11(16)6-12/h1-7H. The maximum atomic E-state index is 13.0. The maximum absolute atomic E-state index is 13.0. The summed E-state index contributed by atoms with van der Waals surface area (Å²) in [6.07, 6.45) is 0.607. The van der Waals surface area contributed by atoms with Crippen molar-refractivity contribution < 1.29 is 18.3 Å². The van der Waals surface area contributed by atoms with Crippen molar-refractivity contribution in [2.75, 3.05) is 0 Å². The Kier molecular flexibility index (Phi) is 3.72. The predicted molar refractivity (Wildman–Crippen MR) is 66.0 cm³/mol. The van der Waals surface area contributed by atoms with Crippen LogP contribution in [0.25, 0.3) is 0 Å². The monoisotopic (exact) mass is 312 g/mol. The number of halogens is 3. The van der Waals surface area contributed by atoms with E-state index >= 15 is 0 Å². The summed E-state index contributed by atoms with van der Waals surface area (Å²) in [6, 6.07) is 7.58. The number of rotatable bonds is 3. The third-order valence-corrected chi connectivity index (χ3v) is 2.66. The van der Waals surface area contributed by atoms with E-state index in [1.54, 1.807) is 12.1 Å². The average Bonchev–Trinajstić information content (AvgIpc) is 2.30. The number of carbonyl (C=O) groups excluding carboxylic acids is 1. The Labute approximate surface area is 110 Å². The highest BCUT2D eigenvalue weighted by molar-refractivity contribution is 9.10. The molecule has 2 aromatic rings. The molecular weight excluding hydrogens is 306 g/mol. The molecule has 0 aliphatic rings. The van der Waals surface area contributed by atoms with Crippen LogP contribution in [0.4, 0.5) is 8.78 Å². The van der Waals surface area contributed by atoms with Crippen LogP contribution < -0.4 is 4.74 Å². The van der Waals surface area contributed by atoms with Gasteiger partial charge in [-0.05, 0) is 18.2 Å². The Hall–Kier alpha value is -1.75. The molecule has 0 heterocycles. The SMILES string of the molecule is O=Cc1cc(Br)ccc1Oc1cc(F)cc(F)c1. The summed E-state index contributed by atoms with van der Waals surface area (Å²) in [7, 11) is 0. The number of aldehydes is 1. The van der Waals surface area contributed by atoms with Crippen molar-refractivity contribution in [3.8, 4) is 11.5 Å². The van der Waals surface area contributed by atoms with Crippen LogP contribution in [0.5, 0.6) is 11.5 Å². The Morgan fingerprint density at radius 2 is 1.72 bits per heavy atom. The predicted octanol–water partition coefficient (Wildman–Crippen LogP) is 4.33. The fourth-order valence-corrected chi connectivity index (χ4v) is 1.80. The zero-order chi connectivity index (χ0) is 13.1. The van der Waals surface area contributed by atoms with Gasteiger partial charge in [-0.15, -0.1) is 0 Å². The van der Waals surface area contributed by atoms with Crippen LogP contribution in [-0.2, 0) is 0 Å². The molecule has 0 aromatic heterocycles. The van der Waals surface area contributed by atoms with Gasteiger partial charge in [0, 0.05) is 22.7 Å². The van der Waals surface area contributed by atoms with Crippen LogP contribution in [0, 0.1) is 11.6 Å². The molecule has 0 spiro atoms. The first kappa shape index (κ1) is 12.7. The first-order chi connectivity index (χ1) is 8.58. The summed E-state index contributed by atoms with van der Waals surface area (Å²) in [6.45, 7) is 0. The molecule has 0 N–H and O–H groups in total. The van der Waals surface area contributed by atoms with Gasteiger partial charge in [-0.1, -0.05) is 15.9 Å². The highest BCUT2D eigenvalue weighted by Gasteiger charge is 2.07. The highest BCUT2D eigenvalue weighted by atomic mass is 79.9. The van der Waals surface area contributed by atoms with Crippen molar-refractivity contribution in [1.82, 2.24) is 0 Å². The van der Waals surface area contributed by atoms with Gasteiger partial charge in [-0.2, -0.15) is 0 Å². The second kappa shape index (κ2) is 5.27. The summed E-state index contributed by atoms with van der Waals surface area (Å²) in [4.78, 5) is 10.9. The highest BCUT2D eigenvalue weighted by Crippen LogP contribution is 2.27. The molecule has 0 aliphatic carbocycles. The van der Waals surface area contributed by atoms with Crippen LogP contribution in [0.2, 0.25) is 0 Å². The first-order valence-electron chi connectivity index (χ1n) is 4.97. The Morgan fingerprint density at radius 3 is 2.33 bits per heavy atom. The zero-order valence-electron chi connectivity index (χ0n) is 8.99. The number of ether oxygens (including phenoxy) is 1. The molecule has 0 bridgehead atoms. The summed E-state index contributed by atoms with van der Waals surface area (Å²) < 4.78 is 32.0. The van der Waals surface area contributed by atoms with Gasteiger partial charge in [0.05, 0.1) is 5.56 Å². The lowest BCUT2D eigenvalue weighted by Gasteiger charge is -2.08. The lowest BCUT2D eigenvalue weighted by molar-refractivity contribution is 0.112. The van der Waals surface area contributed by atoms with E-state index in [0.29, 0.717) is 10.8 Å². The molecule has 18 heavy (non-hydrogen) atoms. The van der Waals surface area contributed by atoms with E-state index in [-0.39, 0.29) is 17.1 Å². The third-order valence-electron chi connectivity index (χ3n) is 2.16. The van der Waals surface area contributed by atoms with Crippen molar-refractivity contribution in [3.63, 3.8) is 0 Å². The molecular formula is C13H7BrF2O2. The molecule has 0 saturated heterocycles. The fraction of sp³-hybridized carbons (Fsp3) is 0. The van der Waals surface area contributed by atoms with E-state index in [9.17, 15) is 13.6 Å². The van der Waals surface area contributed by atoms with Gasteiger partial charge in [0.25, 0.3) is 0 Å². The van der Waals surface area contributed by atoms with Crippen LogP contribution in [0.15, 0.2) is 40.9 Å².